The minimum Gasteiger partial charge on any atom is -0.506 e. The molecule has 4 rings (SSSR count). The number of aromatic nitrogens is 1. The first kappa shape index (κ1) is 26.9. The molecule has 7 nitrogen and oxygen atoms in total. The van der Waals surface area contributed by atoms with E-state index < -0.39 is 12.0 Å². The molecular formula is C26H24I2N2O5S. The molecule has 188 valence electrons. The predicted molar refractivity (Wildman–Crippen MR) is 156 cm³/mol. The molecule has 0 radical (unpaired) electrons. The number of benzene rings is 2. The van der Waals surface area contributed by atoms with Crippen LogP contribution in [-0.4, -0.2) is 28.4 Å². The zero-order chi connectivity index (χ0) is 26.1. The van der Waals surface area contributed by atoms with Crippen LogP contribution in [0.5, 0.6) is 11.5 Å². The molecule has 0 saturated carbocycles. The largest absolute Gasteiger partial charge is 0.506 e. The lowest BCUT2D eigenvalue weighted by Gasteiger charge is -2.26. The van der Waals surface area contributed by atoms with E-state index in [1.807, 2.05) is 50.2 Å². The summed E-state index contributed by atoms with van der Waals surface area (Å²) in [4.78, 5) is 32.0. The molecule has 10 heteroatoms. The number of esters is 1. The molecule has 0 aliphatic carbocycles. The van der Waals surface area contributed by atoms with Crippen LogP contribution in [0.4, 0.5) is 0 Å². The number of aromatic hydroxyl groups is 1. The number of fused-ring (bicyclic) bond motifs is 1. The Morgan fingerprint density at radius 2 is 2.00 bits per heavy atom. The van der Waals surface area contributed by atoms with E-state index in [0.717, 1.165) is 3.57 Å². The first-order valence-electron chi connectivity index (χ1n) is 11.3. The van der Waals surface area contributed by atoms with Gasteiger partial charge in [0.2, 0.25) is 0 Å². The van der Waals surface area contributed by atoms with Crippen molar-refractivity contribution in [2.24, 2.45) is 4.99 Å². The number of ether oxygens (including phenoxy) is 2. The third-order valence-electron chi connectivity index (χ3n) is 5.44. The van der Waals surface area contributed by atoms with E-state index in [2.05, 4.69) is 50.2 Å². The van der Waals surface area contributed by atoms with E-state index in [4.69, 9.17) is 9.47 Å². The van der Waals surface area contributed by atoms with Gasteiger partial charge in [-0.1, -0.05) is 29.5 Å². The molecular weight excluding hydrogens is 706 g/mol. The highest BCUT2D eigenvalue weighted by atomic mass is 127. The second kappa shape index (κ2) is 11.1. The van der Waals surface area contributed by atoms with Gasteiger partial charge in [0.05, 0.1) is 32.1 Å². The monoisotopic (exact) mass is 730 g/mol. The summed E-state index contributed by atoms with van der Waals surface area (Å²) in [5.41, 5.74) is 1.67. The maximum atomic E-state index is 13.8. The van der Waals surface area contributed by atoms with Gasteiger partial charge in [0.25, 0.3) is 5.56 Å². The Bertz CT molecular complexity index is 1560. The number of phenolic OH excluding ortho intramolecular Hbond substituents is 1. The average Bonchev–Trinajstić information content (AvgIpc) is 3.11. The molecule has 1 aliphatic rings. The number of nitrogens with zero attached hydrogens (tertiary/aromatic N) is 2. The Balaban J connectivity index is 2.01. The topological polar surface area (TPSA) is 90.1 Å². The molecule has 3 aromatic rings. The average molecular weight is 730 g/mol. The van der Waals surface area contributed by atoms with E-state index in [1.165, 1.54) is 15.9 Å². The summed E-state index contributed by atoms with van der Waals surface area (Å²) in [7, 11) is 0. The number of hydrogen-bond acceptors (Lipinski definition) is 7. The molecule has 2 heterocycles. The normalized spacial score (nSPS) is 15.6. The van der Waals surface area contributed by atoms with Crippen molar-refractivity contribution in [3.05, 3.63) is 85.6 Å². The van der Waals surface area contributed by atoms with Crippen LogP contribution in [-0.2, 0) is 9.53 Å². The van der Waals surface area contributed by atoms with Crippen LogP contribution in [0.2, 0.25) is 0 Å². The lowest BCUT2D eigenvalue weighted by atomic mass is 9.95. The van der Waals surface area contributed by atoms with Crippen molar-refractivity contribution < 1.29 is 19.4 Å². The maximum Gasteiger partial charge on any atom is 0.338 e. The number of phenols is 1. The summed E-state index contributed by atoms with van der Waals surface area (Å²) in [5.74, 6) is 0.160. The van der Waals surface area contributed by atoms with E-state index in [-0.39, 0.29) is 24.0 Å². The minimum atomic E-state index is -0.776. The molecule has 2 aromatic carbocycles. The Morgan fingerprint density at radius 1 is 1.28 bits per heavy atom. The molecule has 36 heavy (non-hydrogen) atoms. The fraction of sp³-hybridized carbons (Fsp3) is 0.269. The van der Waals surface area contributed by atoms with Gasteiger partial charge in [-0.15, -0.1) is 0 Å². The number of para-hydroxylation sites is 1. The van der Waals surface area contributed by atoms with Crippen molar-refractivity contribution in [2.75, 3.05) is 6.61 Å². The number of allylic oxidation sites excluding steroid dienone is 1. The Kier molecular flexibility index (Phi) is 8.25. The Labute approximate surface area is 239 Å². The van der Waals surface area contributed by atoms with E-state index in [9.17, 15) is 14.7 Å². The molecule has 0 saturated heterocycles. The van der Waals surface area contributed by atoms with Crippen LogP contribution >= 0.6 is 56.5 Å². The highest BCUT2D eigenvalue weighted by Crippen LogP contribution is 2.36. The highest BCUT2D eigenvalue weighted by molar-refractivity contribution is 14.1. The second-order valence-electron chi connectivity index (χ2n) is 8.33. The first-order chi connectivity index (χ1) is 17.1. The molecule has 1 N–H and O–H groups in total. The lowest BCUT2D eigenvalue weighted by Crippen LogP contribution is -2.40. The molecule has 0 bridgehead atoms. The van der Waals surface area contributed by atoms with Crippen molar-refractivity contribution in [3.8, 4) is 11.5 Å². The van der Waals surface area contributed by atoms with Gasteiger partial charge in [-0.3, -0.25) is 9.36 Å². The third-order valence-corrected chi connectivity index (χ3v) is 7.87. The summed E-state index contributed by atoms with van der Waals surface area (Å²) in [5, 5.41) is 10.6. The summed E-state index contributed by atoms with van der Waals surface area (Å²) < 4.78 is 15.0. The van der Waals surface area contributed by atoms with Crippen molar-refractivity contribution in [3.63, 3.8) is 0 Å². The number of thiazole rings is 1. The van der Waals surface area contributed by atoms with Gasteiger partial charge in [-0.2, -0.15) is 0 Å². The van der Waals surface area contributed by atoms with E-state index in [1.54, 1.807) is 19.9 Å². The number of rotatable bonds is 6. The first-order valence-corrected chi connectivity index (χ1v) is 14.2. The molecule has 1 atom stereocenters. The summed E-state index contributed by atoms with van der Waals surface area (Å²) in [6, 6.07) is 10.3. The number of carbonyl (C=O) groups is 1. The maximum absolute atomic E-state index is 13.8. The predicted octanol–water partition coefficient (Wildman–Crippen LogP) is 4.50. The van der Waals surface area contributed by atoms with Crippen LogP contribution in [0.15, 0.2) is 57.5 Å². The van der Waals surface area contributed by atoms with Crippen LogP contribution in [0.3, 0.4) is 0 Å². The van der Waals surface area contributed by atoms with Crippen LogP contribution in [0, 0.1) is 7.14 Å². The van der Waals surface area contributed by atoms with Crippen LogP contribution in [0.25, 0.3) is 6.08 Å². The summed E-state index contributed by atoms with van der Waals surface area (Å²) >= 11 is 5.45. The minimum absolute atomic E-state index is 0.107. The SMILES string of the molecule is CCOC(=O)C1=C(C)N=c2s/c(=C\c3cc(I)cc(I)c3O)c(=O)n2C1c1ccccc1OC(C)C. The third kappa shape index (κ3) is 5.25. The Hall–Kier alpha value is -2.19. The van der Waals surface area contributed by atoms with Gasteiger partial charge < -0.3 is 14.6 Å². The smallest absolute Gasteiger partial charge is 0.338 e. The van der Waals surface area contributed by atoms with Crippen molar-refractivity contribution in [1.29, 1.82) is 0 Å². The molecule has 0 spiro atoms. The van der Waals surface area contributed by atoms with Crippen molar-refractivity contribution >= 4 is 68.6 Å². The van der Waals surface area contributed by atoms with Gasteiger partial charge in [-0.25, -0.2) is 9.79 Å². The molecule has 0 fully saturated rings. The van der Waals surface area contributed by atoms with Gasteiger partial charge in [-0.05, 0) is 97.2 Å². The molecule has 0 amide bonds. The summed E-state index contributed by atoms with van der Waals surface area (Å²) in [6.45, 7) is 7.52. The van der Waals surface area contributed by atoms with Gasteiger partial charge in [0.15, 0.2) is 4.80 Å². The quantitative estimate of drug-likeness (QED) is 0.298. The van der Waals surface area contributed by atoms with Crippen molar-refractivity contribution in [2.45, 2.75) is 39.8 Å². The van der Waals surface area contributed by atoms with Crippen molar-refractivity contribution in [1.82, 2.24) is 4.57 Å². The van der Waals surface area contributed by atoms with Gasteiger partial charge in [0.1, 0.15) is 17.5 Å². The lowest BCUT2D eigenvalue weighted by molar-refractivity contribution is -0.139. The fourth-order valence-corrected chi connectivity index (χ4v) is 6.92. The highest BCUT2D eigenvalue weighted by Gasteiger charge is 2.35. The number of carbonyl (C=O) groups excluding carboxylic acids is 1. The Morgan fingerprint density at radius 3 is 2.69 bits per heavy atom. The van der Waals surface area contributed by atoms with Gasteiger partial charge in [0, 0.05) is 14.7 Å². The van der Waals surface area contributed by atoms with E-state index >= 15 is 0 Å². The number of halogens is 2. The summed E-state index contributed by atoms with van der Waals surface area (Å²) in [6.07, 6.45) is 1.56. The fourth-order valence-electron chi connectivity index (χ4n) is 3.99. The zero-order valence-electron chi connectivity index (χ0n) is 20.0. The van der Waals surface area contributed by atoms with Crippen LogP contribution in [0.1, 0.15) is 44.9 Å². The standard InChI is InChI=1S/C26H24I2N2O5S/c1-5-34-25(33)21-14(4)29-26-30(22(21)17-8-6-7-9-19(17)35-13(2)3)24(32)20(36-26)11-15-10-16(27)12-18(28)23(15)31/h6-13,22,31H,5H2,1-4H3/b20-11-. The van der Waals surface area contributed by atoms with E-state index in [0.29, 0.717) is 41.1 Å². The van der Waals surface area contributed by atoms with Gasteiger partial charge >= 0.3 is 5.97 Å². The molecule has 1 unspecified atom stereocenters. The second-order valence-corrected chi connectivity index (χ2v) is 11.7. The molecule has 1 aliphatic heterocycles. The van der Waals surface area contributed by atoms with Crippen LogP contribution < -0.4 is 19.6 Å². The molecule has 1 aromatic heterocycles. The number of hydrogen-bond donors (Lipinski definition) is 1. The zero-order valence-corrected chi connectivity index (χ0v) is 25.2.